The molecule has 0 bridgehead atoms. The van der Waals surface area contributed by atoms with E-state index in [2.05, 4.69) is 5.32 Å². The van der Waals surface area contributed by atoms with Gasteiger partial charge in [0.2, 0.25) is 15.9 Å². The van der Waals surface area contributed by atoms with Crippen LogP contribution in [0.5, 0.6) is 0 Å². The number of sulfonamides is 1. The normalized spacial score (nSPS) is 16.7. The first kappa shape index (κ1) is 20.9. The number of nitrogens with one attached hydrogen (secondary N) is 1. The van der Waals surface area contributed by atoms with E-state index in [0.29, 0.717) is 24.3 Å². The Kier molecular flexibility index (Phi) is 6.27. The first-order valence-electron chi connectivity index (χ1n) is 9.12. The van der Waals surface area contributed by atoms with Crippen LogP contribution >= 0.6 is 0 Å². The van der Waals surface area contributed by atoms with Gasteiger partial charge in [0.15, 0.2) is 0 Å². The number of nitriles is 1. The van der Waals surface area contributed by atoms with Crippen molar-refractivity contribution in [2.75, 3.05) is 31.5 Å². The first-order valence-corrected chi connectivity index (χ1v) is 10.6. The predicted octanol–water partition coefficient (Wildman–Crippen LogP) is 2.03. The number of nitrogens with zero attached hydrogens (tertiary/aromatic N) is 3. The molecule has 0 spiro atoms. The highest BCUT2D eigenvalue weighted by Gasteiger charge is 2.32. The molecule has 1 amide bonds. The quantitative estimate of drug-likeness (QED) is 0.805. The number of carbonyl (C=O) groups is 1. The number of piperazine rings is 1. The lowest BCUT2D eigenvalue weighted by Gasteiger charge is -2.36. The molecule has 1 saturated heterocycles. The monoisotopic (exact) mass is 416 g/mol. The minimum absolute atomic E-state index is 0.0788. The lowest BCUT2D eigenvalue weighted by Crippen LogP contribution is -2.53. The summed E-state index contributed by atoms with van der Waals surface area (Å²) in [4.78, 5) is 14.4. The van der Waals surface area contributed by atoms with Crippen molar-refractivity contribution < 1.29 is 17.6 Å². The summed E-state index contributed by atoms with van der Waals surface area (Å²) in [6.45, 7) is 2.86. The maximum absolute atomic E-state index is 13.4. The number of hydrogen-bond donors (Lipinski definition) is 1. The molecule has 1 aliphatic rings. The zero-order valence-corrected chi connectivity index (χ0v) is 16.7. The van der Waals surface area contributed by atoms with Crippen LogP contribution in [-0.4, -0.2) is 55.8 Å². The lowest BCUT2D eigenvalue weighted by atomic mass is 10.1. The van der Waals surface area contributed by atoms with E-state index in [1.807, 2.05) is 11.0 Å². The standard InChI is InChI=1S/C20H21FN4O3S/c1-15(20(26)23-19-8-3-2-5-16(19)14-22)24-9-11-25(12-10-24)29(27,28)18-7-4-6-17(21)13-18/h2-8,13,15H,9-12H2,1H3,(H,23,26)/t15-/m0/s1. The third kappa shape index (κ3) is 4.62. The van der Waals surface area contributed by atoms with Crippen molar-refractivity contribution in [1.82, 2.24) is 9.21 Å². The van der Waals surface area contributed by atoms with E-state index >= 15 is 0 Å². The van der Waals surface area contributed by atoms with E-state index < -0.39 is 21.9 Å². The summed E-state index contributed by atoms with van der Waals surface area (Å²) in [7, 11) is -3.78. The number of para-hydroxylation sites is 1. The predicted molar refractivity (Wildman–Crippen MR) is 106 cm³/mol. The number of hydrogen-bond acceptors (Lipinski definition) is 5. The van der Waals surface area contributed by atoms with E-state index in [-0.39, 0.29) is 23.9 Å². The molecule has 29 heavy (non-hydrogen) atoms. The number of amides is 1. The Morgan fingerprint density at radius 3 is 2.48 bits per heavy atom. The molecule has 0 unspecified atom stereocenters. The van der Waals surface area contributed by atoms with Crippen LogP contribution in [0.15, 0.2) is 53.4 Å². The summed E-state index contributed by atoms with van der Waals surface area (Å²) in [5.74, 6) is -0.873. The van der Waals surface area contributed by atoms with Gasteiger partial charge in [0.25, 0.3) is 0 Å². The van der Waals surface area contributed by atoms with Crippen molar-refractivity contribution in [1.29, 1.82) is 5.26 Å². The van der Waals surface area contributed by atoms with Crippen molar-refractivity contribution in [2.24, 2.45) is 0 Å². The van der Waals surface area contributed by atoms with Crippen LogP contribution < -0.4 is 5.32 Å². The highest BCUT2D eigenvalue weighted by molar-refractivity contribution is 7.89. The average molecular weight is 416 g/mol. The molecular weight excluding hydrogens is 395 g/mol. The van der Waals surface area contributed by atoms with E-state index in [4.69, 9.17) is 5.26 Å². The van der Waals surface area contributed by atoms with Crippen molar-refractivity contribution >= 4 is 21.6 Å². The Labute approximate surface area is 169 Å². The van der Waals surface area contributed by atoms with Gasteiger partial charge in [-0.05, 0) is 37.3 Å². The van der Waals surface area contributed by atoms with Gasteiger partial charge in [0.1, 0.15) is 11.9 Å². The maximum Gasteiger partial charge on any atom is 0.243 e. The molecule has 0 saturated carbocycles. The maximum atomic E-state index is 13.4. The van der Waals surface area contributed by atoms with Gasteiger partial charge in [0, 0.05) is 26.2 Å². The summed E-state index contributed by atoms with van der Waals surface area (Å²) >= 11 is 0. The number of anilines is 1. The second-order valence-corrected chi connectivity index (χ2v) is 8.66. The van der Waals surface area contributed by atoms with Gasteiger partial charge in [0.05, 0.1) is 22.2 Å². The molecule has 0 radical (unpaired) electrons. The lowest BCUT2D eigenvalue weighted by molar-refractivity contribution is -0.121. The van der Waals surface area contributed by atoms with Gasteiger partial charge in [-0.25, -0.2) is 12.8 Å². The molecule has 1 atom stereocenters. The Balaban J connectivity index is 1.63. The summed E-state index contributed by atoms with van der Waals surface area (Å²) in [5.41, 5.74) is 0.818. The minimum atomic E-state index is -3.78. The Morgan fingerprint density at radius 1 is 1.14 bits per heavy atom. The molecule has 2 aromatic rings. The van der Waals surface area contributed by atoms with Crippen LogP contribution in [0.3, 0.4) is 0 Å². The number of carbonyl (C=O) groups excluding carboxylic acids is 1. The van der Waals surface area contributed by atoms with Gasteiger partial charge in [-0.3, -0.25) is 9.69 Å². The third-order valence-corrected chi connectivity index (χ3v) is 6.83. The number of rotatable bonds is 5. The van der Waals surface area contributed by atoms with Gasteiger partial charge in [-0.1, -0.05) is 18.2 Å². The third-order valence-electron chi connectivity index (χ3n) is 4.94. The minimum Gasteiger partial charge on any atom is -0.324 e. The van der Waals surface area contributed by atoms with E-state index in [1.54, 1.807) is 31.2 Å². The Bertz CT molecular complexity index is 1040. The topological polar surface area (TPSA) is 93.5 Å². The second kappa shape index (κ2) is 8.69. The smallest absolute Gasteiger partial charge is 0.243 e. The van der Waals surface area contributed by atoms with Crippen LogP contribution in [-0.2, 0) is 14.8 Å². The molecule has 1 fully saturated rings. The van der Waals surface area contributed by atoms with Crippen LogP contribution in [0.1, 0.15) is 12.5 Å². The molecule has 0 aromatic heterocycles. The van der Waals surface area contributed by atoms with Gasteiger partial charge in [-0.15, -0.1) is 0 Å². The molecule has 1 N–H and O–H groups in total. The molecule has 3 rings (SSSR count). The van der Waals surface area contributed by atoms with Crippen LogP contribution in [0.2, 0.25) is 0 Å². The zero-order valence-electron chi connectivity index (χ0n) is 15.9. The SMILES string of the molecule is C[C@@H](C(=O)Nc1ccccc1C#N)N1CCN(S(=O)(=O)c2cccc(F)c2)CC1. The Morgan fingerprint density at radius 2 is 1.83 bits per heavy atom. The van der Waals surface area contributed by atoms with Crippen LogP contribution in [0.25, 0.3) is 0 Å². The fourth-order valence-corrected chi connectivity index (χ4v) is 4.65. The second-order valence-electron chi connectivity index (χ2n) is 6.72. The van der Waals surface area contributed by atoms with Gasteiger partial charge >= 0.3 is 0 Å². The molecule has 152 valence electrons. The first-order chi connectivity index (χ1) is 13.8. The van der Waals surface area contributed by atoms with Gasteiger partial charge < -0.3 is 5.32 Å². The summed E-state index contributed by atoms with van der Waals surface area (Å²) in [5, 5.41) is 11.9. The average Bonchev–Trinajstić information content (AvgIpc) is 2.73. The van der Waals surface area contributed by atoms with Crippen molar-refractivity contribution in [2.45, 2.75) is 17.9 Å². The highest BCUT2D eigenvalue weighted by atomic mass is 32.2. The van der Waals surface area contributed by atoms with E-state index in [0.717, 1.165) is 6.07 Å². The largest absolute Gasteiger partial charge is 0.324 e. The number of halogens is 1. The summed E-state index contributed by atoms with van der Waals surface area (Å²) < 4.78 is 40.1. The molecule has 7 nitrogen and oxygen atoms in total. The van der Waals surface area contributed by atoms with Gasteiger partial charge in [-0.2, -0.15) is 9.57 Å². The highest BCUT2D eigenvalue weighted by Crippen LogP contribution is 2.20. The molecule has 1 heterocycles. The molecule has 1 aliphatic heterocycles. The molecular formula is C20H21FN4O3S. The van der Waals surface area contributed by atoms with Crippen molar-refractivity contribution in [3.63, 3.8) is 0 Å². The fourth-order valence-electron chi connectivity index (χ4n) is 3.20. The molecule has 0 aliphatic carbocycles. The number of benzene rings is 2. The van der Waals surface area contributed by atoms with Crippen molar-refractivity contribution in [3.8, 4) is 6.07 Å². The van der Waals surface area contributed by atoms with Crippen molar-refractivity contribution in [3.05, 3.63) is 59.9 Å². The van der Waals surface area contributed by atoms with Crippen LogP contribution in [0.4, 0.5) is 10.1 Å². The molecule has 9 heteroatoms. The molecule has 2 aromatic carbocycles. The fraction of sp³-hybridized carbons (Fsp3) is 0.300. The summed E-state index contributed by atoms with van der Waals surface area (Å²) in [6, 6.07) is 13.2. The van der Waals surface area contributed by atoms with Crippen LogP contribution in [0, 0.1) is 17.1 Å². The van der Waals surface area contributed by atoms with E-state index in [9.17, 15) is 17.6 Å². The van der Waals surface area contributed by atoms with E-state index in [1.165, 1.54) is 22.5 Å². The zero-order chi connectivity index (χ0) is 21.0. The summed E-state index contributed by atoms with van der Waals surface area (Å²) in [6.07, 6.45) is 0. The Hall–Kier alpha value is -2.80.